The minimum absolute atomic E-state index is 0.0458. The quantitative estimate of drug-likeness (QED) is 0.848. The molecular formula is C14H22N2O3S. The van der Waals surface area contributed by atoms with Crippen molar-refractivity contribution in [3.05, 3.63) is 35.9 Å². The Balaban J connectivity index is 2.62. The minimum atomic E-state index is -3.11. The van der Waals surface area contributed by atoms with Gasteiger partial charge in [0.2, 0.25) is 5.91 Å². The van der Waals surface area contributed by atoms with Crippen molar-refractivity contribution in [2.45, 2.75) is 25.4 Å². The second-order valence-corrected chi connectivity index (χ2v) is 7.35. The van der Waals surface area contributed by atoms with Gasteiger partial charge < -0.3 is 10.6 Å². The van der Waals surface area contributed by atoms with Crippen molar-refractivity contribution < 1.29 is 13.2 Å². The maximum atomic E-state index is 12.1. The molecule has 0 saturated heterocycles. The van der Waals surface area contributed by atoms with Gasteiger partial charge in [-0.2, -0.15) is 0 Å². The molecular weight excluding hydrogens is 276 g/mol. The molecule has 20 heavy (non-hydrogen) atoms. The van der Waals surface area contributed by atoms with E-state index in [1.807, 2.05) is 30.3 Å². The zero-order valence-corrected chi connectivity index (χ0v) is 12.9. The number of nitrogens with two attached hydrogens (primary N) is 1. The molecule has 0 heterocycles. The van der Waals surface area contributed by atoms with Gasteiger partial charge >= 0.3 is 0 Å². The normalized spacial score (nSPS) is 14.6. The first-order valence-electron chi connectivity index (χ1n) is 6.44. The number of carbonyl (C=O) groups excluding carboxylic acids is 1. The van der Waals surface area contributed by atoms with Crippen LogP contribution < -0.4 is 5.73 Å². The highest BCUT2D eigenvalue weighted by molar-refractivity contribution is 7.90. The lowest BCUT2D eigenvalue weighted by Gasteiger charge is -2.25. The van der Waals surface area contributed by atoms with Gasteiger partial charge in [-0.15, -0.1) is 0 Å². The molecule has 0 radical (unpaired) electrons. The largest absolute Gasteiger partial charge is 0.342 e. The highest BCUT2D eigenvalue weighted by Crippen LogP contribution is 2.15. The highest BCUT2D eigenvalue weighted by Gasteiger charge is 2.21. The molecule has 2 atom stereocenters. The van der Waals surface area contributed by atoms with Crippen LogP contribution >= 0.6 is 0 Å². The van der Waals surface area contributed by atoms with Crippen molar-refractivity contribution >= 4 is 15.7 Å². The summed E-state index contributed by atoms with van der Waals surface area (Å²) in [6.45, 7) is 1.72. The van der Waals surface area contributed by atoms with Gasteiger partial charge in [0, 0.05) is 31.8 Å². The molecule has 0 fully saturated rings. The fourth-order valence-electron chi connectivity index (χ4n) is 1.95. The molecule has 1 rings (SSSR count). The molecule has 1 aromatic rings. The topological polar surface area (TPSA) is 80.5 Å². The maximum Gasteiger partial charge on any atom is 0.224 e. The Labute approximate surface area is 120 Å². The Morgan fingerprint density at radius 3 is 2.35 bits per heavy atom. The first-order chi connectivity index (χ1) is 9.20. The number of benzene rings is 1. The number of rotatable bonds is 6. The number of carbonyl (C=O) groups is 1. The molecule has 5 nitrogen and oxygen atoms in total. The van der Waals surface area contributed by atoms with E-state index in [2.05, 4.69) is 0 Å². The number of hydrogen-bond acceptors (Lipinski definition) is 4. The SMILES string of the molecule is C[C@@H](CS(C)(=O)=O)N(C)C(=O)C[C@H](N)c1ccccc1. The van der Waals surface area contributed by atoms with Crippen LogP contribution in [0.2, 0.25) is 0 Å². The zero-order valence-electron chi connectivity index (χ0n) is 12.1. The summed E-state index contributed by atoms with van der Waals surface area (Å²) in [4.78, 5) is 13.6. The number of sulfone groups is 1. The van der Waals surface area contributed by atoms with E-state index in [9.17, 15) is 13.2 Å². The van der Waals surface area contributed by atoms with E-state index < -0.39 is 9.84 Å². The molecule has 1 aromatic carbocycles. The summed E-state index contributed by atoms with van der Waals surface area (Å²) < 4.78 is 22.5. The molecule has 0 spiro atoms. The molecule has 0 bridgehead atoms. The number of nitrogens with zero attached hydrogens (tertiary/aromatic N) is 1. The van der Waals surface area contributed by atoms with Gasteiger partial charge in [0.1, 0.15) is 9.84 Å². The van der Waals surface area contributed by atoms with Crippen molar-refractivity contribution in [3.8, 4) is 0 Å². The summed E-state index contributed by atoms with van der Waals surface area (Å²) in [6, 6.07) is 8.64. The Hall–Kier alpha value is -1.40. The van der Waals surface area contributed by atoms with Gasteiger partial charge in [-0.1, -0.05) is 30.3 Å². The van der Waals surface area contributed by atoms with Crippen LogP contribution in [0.4, 0.5) is 0 Å². The van der Waals surface area contributed by atoms with Crippen molar-refractivity contribution in [1.82, 2.24) is 4.90 Å². The van der Waals surface area contributed by atoms with Crippen LogP contribution in [0, 0.1) is 0 Å². The van der Waals surface area contributed by atoms with Crippen LogP contribution in [-0.4, -0.2) is 44.3 Å². The van der Waals surface area contributed by atoms with Crippen LogP contribution in [0.1, 0.15) is 24.9 Å². The van der Waals surface area contributed by atoms with E-state index in [-0.39, 0.29) is 30.2 Å². The molecule has 0 saturated carbocycles. The van der Waals surface area contributed by atoms with Crippen molar-refractivity contribution in [1.29, 1.82) is 0 Å². The monoisotopic (exact) mass is 298 g/mol. The van der Waals surface area contributed by atoms with E-state index in [4.69, 9.17) is 5.73 Å². The second-order valence-electron chi connectivity index (χ2n) is 5.17. The van der Waals surface area contributed by atoms with Gasteiger partial charge in [0.05, 0.1) is 5.75 Å². The van der Waals surface area contributed by atoms with E-state index in [0.29, 0.717) is 0 Å². The molecule has 0 unspecified atom stereocenters. The molecule has 2 N–H and O–H groups in total. The molecule has 1 amide bonds. The third kappa shape index (κ3) is 5.30. The average molecular weight is 298 g/mol. The Bertz CT molecular complexity index is 543. The molecule has 0 aliphatic rings. The molecule has 112 valence electrons. The van der Waals surface area contributed by atoms with Gasteiger partial charge in [0.25, 0.3) is 0 Å². The van der Waals surface area contributed by atoms with Crippen LogP contribution in [0.25, 0.3) is 0 Å². The first kappa shape index (κ1) is 16.7. The third-order valence-electron chi connectivity index (χ3n) is 3.22. The molecule has 0 aliphatic heterocycles. The van der Waals surface area contributed by atoms with Gasteiger partial charge in [-0.3, -0.25) is 4.79 Å². The summed E-state index contributed by atoms with van der Waals surface area (Å²) in [5, 5.41) is 0. The summed E-state index contributed by atoms with van der Waals surface area (Å²) in [5.74, 6) is -0.201. The zero-order chi connectivity index (χ0) is 15.3. The predicted molar refractivity (Wildman–Crippen MR) is 79.9 cm³/mol. The van der Waals surface area contributed by atoms with Gasteiger partial charge in [-0.25, -0.2) is 8.42 Å². The molecule has 0 aliphatic carbocycles. The van der Waals surface area contributed by atoms with E-state index in [0.717, 1.165) is 11.8 Å². The van der Waals surface area contributed by atoms with Crippen LogP contribution in [-0.2, 0) is 14.6 Å². The van der Waals surface area contributed by atoms with Gasteiger partial charge in [0.15, 0.2) is 0 Å². The smallest absolute Gasteiger partial charge is 0.224 e. The lowest BCUT2D eigenvalue weighted by Crippen LogP contribution is -2.40. The number of amides is 1. The van der Waals surface area contributed by atoms with E-state index in [1.54, 1.807) is 14.0 Å². The van der Waals surface area contributed by atoms with E-state index in [1.165, 1.54) is 4.90 Å². The summed E-state index contributed by atoms with van der Waals surface area (Å²) in [5.41, 5.74) is 6.89. The Kier molecular flexibility index (Phi) is 5.71. The third-order valence-corrected chi connectivity index (χ3v) is 4.31. The first-order valence-corrected chi connectivity index (χ1v) is 8.50. The van der Waals surface area contributed by atoms with Crippen LogP contribution in [0.5, 0.6) is 0 Å². The number of hydrogen-bond donors (Lipinski definition) is 1. The lowest BCUT2D eigenvalue weighted by atomic mass is 10.0. The standard InChI is InChI=1S/C14H22N2O3S/c1-11(10-20(3,18)19)16(2)14(17)9-13(15)12-7-5-4-6-8-12/h4-8,11,13H,9-10,15H2,1-3H3/t11-,13-/m0/s1. The van der Waals surface area contributed by atoms with Crippen molar-refractivity contribution in [2.24, 2.45) is 5.73 Å². The summed E-state index contributed by atoms with van der Waals surface area (Å²) in [6.07, 6.45) is 1.33. The fourth-order valence-corrected chi connectivity index (χ4v) is 3.05. The Morgan fingerprint density at radius 1 is 1.30 bits per heavy atom. The van der Waals surface area contributed by atoms with Crippen LogP contribution in [0.15, 0.2) is 30.3 Å². The second kappa shape index (κ2) is 6.85. The van der Waals surface area contributed by atoms with Crippen molar-refractivity contribution in [2.75, 3.05) is 19.1 Å². The highest BCUT2D eigenvalue weighted by atomic mass is 32.2. The van der Waals surface area contributed by atoms with Crippen molar-refractivity contribution in [3.63, 3.8) is 0 Å². The molecule has 6 heteroatoms. The maximum absolute atomic E-state index is 12.1. The Morgan fingerprint density at radius 2 is 1.85 bits per heavy atom. The lowest BCUT2D eigenvalue weighted by molar-refractivity contribution is -0.131. The van der Waals surface area contributed by atoms with Gasteiger partial charge in [-0.05, 0) is 12.5 Å². The fraction of sp³-hybridized carbons (Fsp3) is 0.500. The predicted octanol–water partition coefficient (Wildman–Crippen LogP) is 0.968. The summed E-state index contributed by atoms with van der Waals surface area (Å²) >= 11 is 0. The molecule has 0 aromatic heterocycles. The minimum Gasteiger partial charge on any atom is -0.342 e. The average Bonchev–Trinajstić information content (AvgIpc) is 2.36. The van der Waals surface area contributed by atoms with E-state index >= 15 is 0 Å². The van der Waals surface area contributed by atoms with Crippen LogP contribution in [0.3, 0.4) is 0 Å². The summed E-state index contributed by atoms with van der Waals surface area (Å²) in [7, 11) is -1.50.